The van der Waals surface area contributed by atoms with Crippen LogP contribution < -0.4 is 4.74 Å². The second-order valence-corrected chi connectivity index (χ2v) is 6.45. The molecule has 0 amide bonds. The molecular formula is C15H22CoO3. The van der Waals surface area contributed by atoms with Crippen LogP contribution in [-0.4, -0.2) is 16.7 Å². The Morgan fingerprint density at radius 2 is 1.63 bits per heavy atom. The summed E-state index contributed by atoms with van der Waals surface area (Å²) < 4.78 is 5.87. The van der Waals surface area contributed by atoms with Crippen molar-refractivity contribution in [3.05, 3.63) is 29.3 Å². The van der Waals surface area contributed by atoms with Crippen molar-refractivity contribution in [1.82, 2.24) is 0 Å². The van der Waals surface area contributed by atoms with Gasteiger partial charge in [-0.2, -0.15) is 0 Å². The van der Waals surface area contributed by atoms with Gasteiger partial charge in [0.15, 0.2) is 0 Å². The Labute approximate surface area is 125 Å². The number of carbonyl (C=O) groups is 1. The SMILES string of the molecule is CC(C)(C)Oc1c(C(=O)O)cccc1C(C)(C)C.[Co]. The minimum Gasteiger partial charge on any atom is -0.487 e. The molecule has 0 saturated carbocycles. The zero-order valence-electron chi connectivity index (χ0n) is 12.3. The molecule has 1 aromatic carbocycles. The quantitative estimate of drug-likeness (QED) is 0.902. The summed E-state index contributed by atoms with van der Waals surface area (Å²) in [5.41, 5.74) is 0.548. The Morgan fingerprint density at radius 1 is 1.11 bits per heavy atom. The third-order valence-corrected chi connectivity index (χ3v) is 2.46. The van der Waals surface area contributed by atoms with Crippen LogP contribution in [0.1, 0.15) is 57.5 Å². The van der Waals surface area contributed by atoms with E-state index in [1.165, 1.54) is 0 Å². The Morgan fingerprint density at radius 3 is 2.00 bits per heavy atom. The van der Waals surface area contributed by atoms with Gasteiger partial charge in [-0.25, -0.2) is 4.79 Å². The zero-order valence-corrected chi connectivity index (χ0v) is 13.4. The molecule has 0 aliphatic rings. The van der Waals surface area contributed by atoms with E-state index in [1.54, 1.807) is 12.1 Å². The van der Waals surface area contributed by atoms with Crippen LogP contribution in [0.3, 0.4) is 0 Å². The third-order valence-electron chi connectivity index (χ3n) is 2.46. The number of benzene rings is 1. The van der Waals surface area contributed by atoms with Gasteiger partial charge in [0.2, 0.25) is 0 Å². The fourth-order valence-electron chi connectivity index (χ4n) is 1.71. The van der Waals surface area contributed by atoms with Crippen molar-refractivity contribution in [2.75, 3.05) is 0 Å². The average Bonchev–Trinajstić information content (AvgIpc) is 2.13. The van der Waals surface area contributed by atoms with Crippen molar-refractivity contribution in [3.63, 3.8) is 0 Å². The number of hydrogen-bond donors (Lipinski definition) is 1. The van der Waals surface area contributed by atoms with Gasteiger partial charge >= 0.3 is 5.97 Å². The molecule has 3 nitrogen and oxygen atoms in total. The molecule has 1 rings (SSSR count). The van der Waals surface area contributed by atoms with Gasteiger partial charge in [0.1, 0.15) is 16.9 Å². The van der Waals surface area contributed by atoms with Gasteiger partial charge < -0.3 is 9.84 Å². The minimum absolute atomic E-state index is 0. The molecule has 0 spiro atoms. The summed E-state index contributed by atoms with van der Waals surface area (Å²) in [4.78, 5) is 11.3. The van der Waals surface area contributed by atoms with Crippen LogP contribution >= 0.6 is 0 Å². The van der Waals surface area contributed by atoms with Crippen molar-refractivity contribution in [2.45, 2.75) is 52.6 Å². The Balaban J connectivity index is 0.00000324. The number of ether oxygens (including phenoxy) is 1. The molecule has 1 aromatic rings. The van der Waals surface area contributed by atoms with E-state index in [0.717, 1.165) is 5.56 Å². The number of para-hydroxylation sites is 1. The molecule has 0 saturated heterocycles. The number of hydrogen-bond acceptors (Lipinski definition) is 2. The Hall–Kier alpha value is -1.00. The first-order valence-electron chi connectivity index (χ1n) is 6.08. The normalized spacial score (nSPS) is 11.7. The number of carboxylic acids is 1. The van der Waals surface area contributed by atoms with Crippen molar-refractivity contribution < 1.29 is 31.4 Å². The molecule has 0 aliphatic carbocycles. The van der Waals surface area contributed by atoms with E-state index in [2.05, 4.69) is 0 Å². The molecule has 109 valence electrons. The average molecular weight is 309 g/mol. The summed E-state index contributed by atoms with van der Waals surface area (Å²) in [5.74, 6) is -0.481. The van der Waals surface area contributed by atoms with Crippen LogP contribution in [-0.2, 0) is 22.2 Å². The van der Waals surface area contributed by atoms with Crippen LogP contribution in [0.15, 0.2) is 18.2 Å². The summed E-state index contributed by atoms with van der Waals surface area (Å²) in [6.45, 7) is 11.9. The largest absolute Gasteiger partial charge is 0.487 e. The molecule has 1 radical (unpaired) electrons. The van der Waals surface area contributed by atoms with E-state index in [4.69, 9.17) is 4.74 Å². The molecular weight excluding hydrogens is 287 g/mol. The van der Waals surface area contributed by atoms with Crippen LogP contribution in [0.25, 0.3) is 0 Å². The minimum atomic E-state index is -0.958. The molecule has 0 aliphatic heterocycles. The maximum Gasteiger partial charge on any atom is 0.339 e. The van der Waals surface area contributed by atoms with E-state index in [0.29, 0.717) is 5.75 Å². The van der Waals surface area contributed by atoms with Gasteiger partial charge in [0.25, 0.3) is 0 Å². The van der Waals surface area contributed by atoms with E-state index in [1.807, 2.05) is 47.6 Å². The predicted molar refractivity (Wildman–Crippen MR) is 72.5 cm³/mol. The van der Waals surface area contributed by atoms with Crippen molar-refractivity contribution >= 4 is 5.97 Å². The van der Waals surface area contributed by atoms with E-state index >= 15 is 0 Å². The Bertz CT molecular complexity index is 453. The monoisotopic (exact) mass is 309 g/mol. The maximum atomic E-state index is 11.3. The second-order valence-electron chi connectivity index (χ2n) is 6.45. The fraction of sp³-hybridized carbons (Fsp3) is 0.533. The maximum absolute atomic E-state index is 11.3. The standard InChI is InChI=1S/C15H22O3.Co/c1-14(2,3)11-9-7-8-10(13(16)17)12(11)18-15(4,5)6;/h7-9H,1-6H3,(H,16,17);. The fourth-order valence-corrected chi connectivity index (χ4v) is 1.71. The van der Waals surface area contributed by atoms with Crippen LogP contribution in [0, 0.1) is 0 Å². The predicted octanol–water partition coefficient (Wildman–Crippen LogP) is 3.86. The molecule has 4 heteroatoms. The second kappa shape index (κ2) is 5.97. The van der Waals surface area contributed by atoms with Crippen LogP contribution in [0.2, 0.25) is 0 Å². The van der Waals surface area contributed by atoms with Crippen LogP contribution in [0.5, 0.6) is 5.75 Å². The first kappa shape index (κ1) is 18.0. The van der Waals surface area contributed by atoms with Gasteiger partial charge in [-0.15, -0.1) is 0 Å². The first-order chi connectivity index (χ1) is 8.02. The van der Waals surface area contributed by atoms with Gasteiger partial charge in [0.05, 0.1) is 0 Å². The smallest absolute Gasteiger partial charge is 0.339 e. The van der Waals surface area contributed by atoms with Crippen molar-refractivity contribution in [3.8, 4) is 5.75 Å². The van der Waals surface area contributed by atoms with Gasteiger partial charge in [-0.1, -0.05) is 32.9 Å². The molecule has 0 bridgehead atoms. The number of rotatable bonds is 2. The van der Waals surface area contributed by atoms with E-state index < -0.39 is 11.6 Å². The number of carboxylic acid groups (broad SMARTS) is 1. The summed E-state index contributed by atoms with van der Waals surface area (Å²) in [5, 5.41) is 9.27. The summed E-state index contributed by atoms with van der Waals surface area (Å²) in [7, 11) is 0. The molecule has 19 heavy (non-hydrogen) atoms. The number of aromatic carboxylic acids is 1. The molecule has 0 fully saturated rings. The van der Waals surface area contributed by atoms with Crippen molar-refractivity contribution in [1.29, 1.82) is 0 Å². The molecule has 0 atom stereocenters. The van der Waals surface area contributed by atoms with Crippen LogP contribution in [0.4, 0.5) is 0 Å². The van der Waals surface area contributed by atoms with Gasteiger partial charge in [-0.05, 0) is 32.3 Å². The molecule has 1 N–H and O–H groups in total. The summed E-state index contributed by atoms with van der Waals surface area (Å²) in [6.07, 6.45) is 0. The summed E-state index contributed by atoms with van der Waals surface area (Å²) >= 11 is 0. The molecule has 0 heterocycles. The van der Waals surface area contributed by atoms with Gasteiger partial charge in [0, 0.05) is 22.3 Å². The zero-order chi connectivity index (χ0) is 14.1. The molecule has 0 unspecified atom stereocenters. The van der Waals surface area contributed by atoms with E-state index in [-0.39, 0.29) is 27.8 Å². The topological polar surface area (TPSA) is 46.5 Å². The van der Waals surface area contributed by atoms with Crippen molar-refractivity contribution in [2.24, 2.45) is 0 Å². The third kappa shape index (κ3) is 4.88. The summed E-state index contributed by atoms with van der Waals surface area (Å²) in [6, 6.07) is 5.27. The van der Waals surface area contributed by atoms with E-state index in [9.17, 15) is 9.90 Å². The Kier molecular flexibility index (Phi) is 5.65. The molecule has 0 aromatic heterocycles. The van der Waals surface area contributed by atoms with Gasteiger partial charge in [-0.3, -0.25) is 0 Å². The first-order valence-corrected chi connectivity index (χ1v) is 6.08.